The molecule has 0 radical (unpaired) electrons. The fourth-order valence-electron chi connectivity index (χ4n) is 1.50. The Bertz CT molecular complexity index is 674. The molecule has 102 valence electrons. The first-order chi connectivity index (χ1) is 9.58. The SMILES string of the molecule is O=C(N/N=C/c1cc(O)ccc1Br)c1ccccc1Cl. The number of carbonyl (C=O) groups is 1. The zero-order valence-corrected chi connectivity index (χ0v) is 12.5. The molecule has 0 heterocycles. The van der Waals surface area contributed by atoms with Gasteiger partial charge in [-0.1, -0.05) is 39.7 Å². The van der Waals surface area contributed by atoms with Gasteiger partial charge in [-0.05, 0) is 30.3 Å². The van der Waals surface area contributed by atoms with E-state index in [-0.39, 0.29) is 5.75 Å². The molecule has 20 heavy (non-hydrogen) atoms. The van der Waals surface area contributed by atoms with E-state index in [0.717, 1.165) is 4.47 Å². The standard InChI is InChI=1S/C14H10BrClN2O2/c15-12-6-5-10(19)7-9(12)8-17-18-14(20)11-3-1-2-4-13(11)16/h1-8,19H,(H,18,20)/b17-8+. The van der Waals surface area contributed by atoms with Crippen LogP contribution in [0.4, 0.5) is 0 Å². The van der Waals surface area contributed by atoms with E-state index in [0.29, 0.717) is 16.1 Å². The molecular formula is C14H10BrClN2O2. The van der Waals surface area contributed by atoms with Crippen LogP contribution in [0.1, 0.15) is 15.9 Å². The number of aromatic hydroxyl groups is 1. The fraction of sp³-hybridized carbons (Fsp3) is 0. The molecule has 2 rings (SSSR count). The lowest BCUT2D eigenvalue weighted by Crippen LogP contribution is -2.17. The molecule has 0 bridgehead atoms. The monoisotopic (exact) mass is 352 g/mol. The molecule has 1 amide bonds. The quantitative estimate of drug-likeness (QED) is 0.654. The van der Waals surface area contributed by atoms with Gasteiger partial charge in [-0.2, -0.15) is 5.10 Å². The number of halogens is 2. The highest BCUT2D eigenvalue weighted by molar-refractivity contribution is 9.10. The van der Waals surface area contributed by atoms with Crippen molar-refractivity contribution in [2.24, 2.45) is 5.10 Å². The largest absolute Gasteiger partial charge is 0.508 e. The summed E-state index contributed by atoms with van der Waals surface area (Å²) < 4.78 is 0.756. The van der Waals surface area contributed by atoms with Crippen molar-refractivity contribution in [2.45, 2.75) is 0 Å². The van der Waals surface area contributed by atoms with E-state index in [4.69, 9.17) is 11.6 Å². The van der Waals surface area contributed by atoms with Crippen molar-refractivity contribution in [1.82, 2.24) is 5.43 Å². The molecule has 2 N–H and O–H groups in total. The van der Waals surface area contributed by atoms with Crippen LogP contribution in [0.2, 0.25) is 5.02 Å². The van der Waals surface area contributed by atoms with E-state index < -0.39 is 5.91 Å². The predicted molar refractivity (Wildman–Crippen MR) is 82.3 cm³/mol. The molecule has 6 heteroatoms. The van der Waals surface area contributed by atoms with Crippen LogP contribution >= 0.6 is 27.5 Å². The van der Waals surface area contributed by atoms with Gasteiger partial charge >= 0.3 is 0 Å². The van der Waals surface area contributed by atoms with Gasteiger partial charge in [-0.15, -0.1) is 0 Å². The number of rotatable bonds is 3. The number of amides is 1. The summed E-state index contributed by atoms with van der Waals surface area (Å²) in [6.45, 7) is 0. The predicted octanol–water partition coefficient (Wildman–Crippen LogP) is 3.57. The third-order valence-corrected chi connectivity index (χ3v) is 3.52. The number of nitrogens with zero attached hydrogens (tertiary/aromatic N) is 1. The highest BCUT2D eigenvalue weighted by atomic mass is 79.9. The van der Waals surface area contributed by atoms with E-state index in [9.17, 15) is 9.90 Å². The Hall–Kier alpha value is -1.85. The van der Waals surface area contributed by atoms with Gasteiger partial charge in [0.05, 0.1) is 16.8 Å². The molecule has 4 nitrogen and oxygen atoms in total. The van der Waals surface area contributed by atoms with Crippen molar-refractivity contribution in [3.8, 4) is 5.75 Å². The minimum absolute atomic E-state index is 0.118. The summed E-state index contributed by atoms with van der Waals surface area (Å²) in [5.74, 6) is -0.282. The normalized spacial score (nSPS) is 10.7. The van der Waals surface area contributed by atoms with Gasteiger partial charge in [-0.3, -0.25) is 4.79 Å². The molecular weight excluding hydrogens is 344 g/mol. The molecule has 0 saturated carbocycles. The zero-order chi connectivity index (χ0) is 14.5. The van der Waals surface area contributed by atoms with Crippen molar-refractivity contribution in [3.63, 3.8) is 0 Å². The Morgan fingerprint density at radius 2 is 2.05 bits per heavy atom. The first kappa shape index (κ1) is 14.6. The Labute approximate surface area is 129 Å². The van der Waals surface area contributed by atoms with Crippen molar-refractivity contribution < 1.29 is 9.90 Å². The van der Waals surface area contributed by atoms with Crippen LogP contribution < -0.4 is 5.43 Å². The van der Waals surface area contributed by atoms with Gasteiger partial charge in [0.25, 0.3) is 5.91 Å². The minimum atomic E-state index is -0.400. The zero-order valence-electron chi connectivity index (χ0n) is 10.2. The molecule has 2 aromatic carbocycles. The number of hydrogen-bond donors (Lipinski definition) is 2. The van der Waals surface area contributed by atoms with Crippen molar-refractivity contribution in [1.29, 1.82) is 0 Å². The fourth-order valence-corrected chi connectivity index (χ4v) is 2.07. The number of benzene rings is 2. The average Bonchev–Trinajstić information content (AvgIpc) is 2.43. The number of nitrogens with one attached hydrogen (secondary N) is 1. The second-order valence-corrected chi connectivity index (χ2v) is 5.15. The van der Waals surface area contributed by atoms with Crippen LogP contribution in [0.5, 0.6) is 5.75 Å². The summed E-state index contributed by atoms with van der Waals surface area (Å²) in [5.41, 5.74) is 3.37. The van der Waals surface area contributed by atoms with Gasteiger partial charge in [0.15, 0.2) is 0 Å². The molecule has 0 atom stereocenters. The highest BCUT2D eigenvalue weighted by Crippen LogP contribution is 2.20. The van der Waals surface area contributed by atoms with Gasteiger partial charge in [-0.25, -0.2) is 5.43 Å². The Balaban J connectivity index is 2.09. The van der Waals surface area contributed by atoms with Gasteiger partial charge < -0.3 is 5.11 Å². The van der Waals surface area contributed by atoms with Crippen molar-refractivity contribution in [2.75, 3.05) is 0 Å². The minimum Gasteiger partial charge on any atom is -0.508 e. The van der Waals surface area contributed by atoms with Gasteiger partial charge in [0.1, 0.15) is 5.75 Å². The third-order valence-electron chi connectivity index (χ3n) is 2.47. The summed E-state index contributed by atoms with van der Waals surface area (Å²) in [4.78, 5) is 11.8. The lowest BCUT2D eigenvalue weighted by Gasteiger charge is -2.02. The van der Waals surface area contributed by atoms with E-state index in [1.165, 1.54) is 12.3 Å². The maximum Gasteiger partial charge on any atom is 0.272 e. The maximum absolute atomic E-state index is 11.8. The van der Waals surface area contributed by atoms with Crippen LogP contribution in [-0.4, -0.2) is 17.2 Å². The second kappa shape index (κ2) is 6.54. The van der Waals surface area contributed by atoms with E-state index >= 15 is 0 Å². The molecule has 0 aromatic heterocycles. The molecule has 0 spiro atoms. The molecule has 0 unspecified atom stereocenters. The second-order valence-electron chi connectivity index (χ2n) is 3.88. The summed E-state index contributed by atoms with van der Waals surface area (Å²) in [5, 5.41) is 13.6. The van der Waals surface area contributed by atoms with Crippen LogP contribution in [0.15, 0.2) is 52.0 Å². The topological polar surface area (TPSA) is 61.7 Å². The lowest BCUT2D eigenvalue weighted by molar-refractivity contribution is 0.0955. The van der Waals surface area contributed by atoms with Gasteiger partial charge in [0.2, 0.25) is 0 Å². The Morgan fingerprint density at radius 3 is 2.80 bits per heavy atom. The van der Waals surface area contributed by atoms with Crippen LogP contribution in [-0.2, 0) is 0 Å². The Morgan fingerprint density at radius 1 is 1.30 bits per heavy atom. The van der Waals surface area contributed by atoms with Crippen LogP contribution in [0, 0.1) is 0 Å². The number of hydrazone groups is 1. The smallest absolute Gasteiger partial charge is 0.272 e. The number of phenols is 1. The van der Waals surface area contributed by atoms with Crippen molar-refractivity contribution >= 4 is 39.7 Å². The summed E-state index contributed by atoms with van der Waals surface area (Å²) in [7, 11) is 0. The highest BCUT2D eigenvalue weighted by Gasteiger charge is 2.07. The maximum atomic E-state index is 11.8. The summed E-state index contributed by atoms with van der Waals surface area (Å²) >= 11 is 9.23. The third kappa shape index (κ3) is 3.59. The Kier molecular flexibility index (Phi) is 4.76. The molecule has 2 aromatic rings. The number of hydrogen-bond acceptors (Lipinski definition) is 3. The first-order valence-electron chi connectivity index (χ1n) is 5.64. The summed E-state index contributed by atoms with van der Waals surface area (Å²) in [6.07, 6.45) is 1.43. The molecule has 0 fully saturated rings. The first-order valence-corrected chi connectivity index (χ1v) is 6.81. The van der Waals surface area contributed by atoms with E-state index in [2.05, 4.69) is 26.5 Å². The van der Waals surface area contributed by atoms with Crippen LogP contribution in [0.3, 0.4) is 0 Å². The lowest BCUT2D eigenvalue weighted by atomic mass is 10.2. The summed E-state index contributed by atoms with van der Waals surface area (Å²) in [6, 6.07) is 11.5. The number of phenolic OH excluding ortho intramolecular Hbond substituents is 1. The molecule has 0 aliphatic rings. The molecule has 0 aliphatic heterocycles. The van der Waals surface area contributed by atoms with Crippen molar-refractivity contribution in [3.05, 3.63) is 63.1 Å². The van der Waals surface area contributed by atoms with Crippen LogP contribution in [0.25, 0.3) is 0 Å². The number of carbonyl (C=O) groups excluding carboxylic acids is 1. The molecule has 0 aliphatic carbocycles. The van der Waals surface area contributed by atoms with E-state index in [1.807, 2.05) is 0 Å². The van der Waals surface area contributed by atoms with E-state index in [1.54, 1.807) is 36.4 Å². The molecule has 0 saturated heterocycles. The average molecular weight is 354 g/mol. The van der Waals surface area contributed by atoms with Gasteiger partial charge in [0, 0.05) is 10.0 Å².